The third kappa shape index (κ3) is 7.75. The van der Waals surface area contributed by atoms with E-state index in [2.05, 4.69) is 304 Å². The van der Waals surface area contributed by atoms with Crippen molar-refractivity contribution in [1.29, 1.82) is 0 Å². The number of rotatable bonds is 10. The van der Waals surface area contributed by atoms with Gasteiger partial charge in [-0.1, -0.05) is 208 Å². The fraction of sp³-hybridized carbons (Fsp3) is 0.0556. The molecule has 0 aliphatic heterocycles. The van der Waals surface area contributed by atoms with Gasteiger partial charge in [0.2, 0.25) is 0 Å². The quantitative estimate of drug-likeness (QED) is 0.126. The second-order valence-corrected chi connectivity index (χ2v) is 20.1. The Kier molecular flexibility index (Phi) is 11.1. The van der Waals surface area contributed by atoms with E-state index in [0.717, 1.165) is 45.3 Å². The van der Waals surface area contributed by atoms with E-state index < -0.39 is 0 Å². The third-order valence-electron chi connectivity index (χ3n) is 15.4. The average molecular weight is 947 g/mol. The average Bonchev–Trinajstić information content (AvgIpc) is 3.74. The van der Waals surface area contributed by atoms with E-state index in [1.54, 1.807) is 0 Å². The van der Waals surface area contributed by atoms with Crippen LogP contribution < -0.4 is 9.80 Å². The van der Waals surface area contributed by atoms with Gasteiger partial charge in [0.15, 0.2) is 0 Å². The summed E-state index contributed by atoms with van der Waals surface area (Å²) in [6.45, 7) is 7.01. The highest BCUT2D eigenvalue weighted by molar-refractivity contribution is 6.14. The van der Waals surface area contributed by atoms with Gasteiger partial charge in [0, 0.05) is 39.2 Å². The lowest BCUT2D eigenvalue weighted by molar-refractivity contribution is 0.660. The Morgan fingerprint density at radius 1 is 0.284 bits per heavy atom. The smallest absolute Gasteiger partial charge is 0.0546 e. The lowest BCUT2D eigenvalue weighted by Crippen LogP contribution is -2.16. The van der Waals surface area contributed by atoms with Crippen LogP contribution in [0.5, 0.6) is 0 Å². The maximum Gasteiger partial charge on any atom is 0.0546 e. The number of hydrogen-bond donors (Lipinski definition) is 0. The molecule has 352 valence electrons. The Morgan fingerprint density at radius 3 is 1.27 bits per heavy atom. The van der Waals surface area contributed by atoms with E-state index in [0.29, 0.717) is 0 Å². The number of nitrogens with zero attached hydrogens (tertiary/aromatic N) is 2. The maximum atomic E-state index is 2.49. The standard InChI is InChI=1S/C72H54N2/c1-49-21-20-34-68-71(49)63-44-43-59(46-69(63)72(68,2)3)74(70-45-54-26-16-17-31-60(54)61-32-18-19-33-62(61)70)58-41-37-53(38-42-58)67-48-64(50-22-8-4-9-23-50)66(47-65(67)51-24-10-5-11-25-51)52-35-39-57(40-36-52)73(55-27-12-6-13-28-55)56-29-14-7-15-30-56/h4-48H,1-3H3. The van der Waals surface area contributed by atoms with Crippen molar-refractivity contribution >= 4 is 55.7 Å². The summed E-state index contributed by atoms with van der Waals surface area (Å²) in [5.41, 5.74) is 22.7. The normalized spacial score (nSPS) is 12.4. The molecule has 0 spiro atoms. The minimum atomic E-state index is -0.156. The Labute approximate surface area is 434 Å². The summed E-state index contributed by atoms with van der Waals surface area (Å²) >= 11 is 0. The first-order valence-electron chi connectivity index (χ1n) is 25.7. The van der Waals surface area contributed by atoms with E-state index in [9.17, 15) is 0 Å². The molecule has 2 nitrogen and oxygen atoms in total. The van der Waals surface area contributed by atoms with Crippen molar-refractivity contribution in [3.05, 3.63) is 290 Å². The molecule has 0 fully saturated rings. The molecule has 12 aromatic carbocycles. The molecular formula is C72H54N2. The molecule has 12 aromatic rings. The summed E-state index contributed by atoms with van der Waals surface area (Å²) in [7, 11) is 0. The molecule has 0 aromatic heterocycles. The zero-order valence-corrected chi connectivity index (χ0v) is 41.9. The Hall–Kier alpha value is -9.24. The molecule has 2 heteroatoms. The Bertz CT molecular complexity index is 3970. The first kappa shape index (κ1) is 44.7. The molecular weight excluding hydrogens is 893 g/mol. The lowest BCUT2D eigenvalue weighted by Gasteiger charge is -2.30. The van der Waals surface area contributed by atoms with E-state index in [-0.39, 0.29) is 5.41 Å². The summed E-state index contributed by atoms with van der Waals surface area (Å²) in [6.07, 6.45) is 0. The fourth-order valence-electron chi connectivity index (χ4n) is 11.7. The molecule has 0 heterocycles. The third-order valence-corrected chi connectivity index (χ3v) is 15.4. The van der Waals surface area contributed by atoms with E-state index in [4.69, 9.17) is 0 Å². The van der Waals surface area contributed by atoms with Gasteiger partial charge in [0.25, 0.3) is 0 Å². The molecule has 0 atom stereocenters. The highest BCUT2D eigenvalue weighted by Crippen LogP contribution is 2.53. The summed E-state index contributed by atoms with van der Waals surface area (Å²) in [4.78, 5) is 4.81. The minimum absolute atomic E-state index is 0.156. The Balaban J connectivity index is 0.972. The molecule has 0 amide bonds. The van der Waals surface area contributed by atoms with E-state index in [1.807, 2.05) is 0 Å². The van der Waals surface area contributed by atoms with Crippen LogP contribution in [0.4, 0.5) is 34.1 Å². The molecule has 0 unspecified atom stereocenters. The van der Waals surface area contributed by atoms with Gasteiger partial charge in [-0.2, -0.15) is 0 Å². The molecule has 0 N–H and O–H groups in total. The van der Waals surface area contributed by atoms with Gasteiger partial charge in [-0.25, -0.2) is 0 Å². The molecule has 0 saturated heterocycles. The maximum absolute atomic E-state index is 2.49. The van der Waals surface area contributed by atoms with Crippen molar-refractivity contribution in [3.8, 4) is 55.6 Å². The zero-order valence-electron chi connectivity index (χ0n) is 41.9. The van der Waals surface area contributed by atoms with Gasteiger partial charge in [0.05, 0.1) is 5.69 Å². The number of fused-ring (bicyclic) bond motifs is 6. The van der Waals surface area contributed by atoms with Gasteiger partial charge < -0.3 is 9.80 Å². The van der Waals surface area contributed by atoms with Crippen LogP contribution in [0.25, 0.3) is 77.2 Å². The Morgan fingerprint density at radius 2 is 0.716 bits per heavy atom. The summed E-state index contributed by atoms with van der Waals surface area (Å²) < 4.78 is 0. The van der Waals surface area contributed by atoms with Crippen molar-refractivity contribution < 1.29 is 0 Å². The molecule has 0 saturated carbocycles. The second kappa shape index (κ2) is 18.4. The number of anilines is 6. The summed E-state index contributed by atoms with van der Waals surface area (Å²) in [6, 6.07) is 100. The number of aryl methyl sites for hydroxylation is 1. The van der Waals surface area contributed by atoms with Gasteiger partial charge in [-0.05, 0) is 174 Å². The van der Waals surface area contributed by atoms with Crippen LogP contribution in [-0.4, -0.2) is 0 Å². The van der Waals surface area contributed by atoms with E-state index >= 15 is 0 Å². The van der Waals surface area contributed by atoms with Crippen LogP contribution >= 0.6 is 0 Å². The summed E-state index contributed by atoms with van der Waals surface area (Å²) in [5, 5.41) is 4.93. The predicted molar refractivity (Wildman–Crippen MR) is 315 cm³/mol. The largest absolute Gasteiger partial charge is 0.311 e. The van der Waals surface area contributed by atoms with Crippen LogP contribution in [0.2, 0.25) is 0 Å². The van der Waals surface area contributed by atoms with Gasteiger partial charge >= 0.3 is 0 Å². The lowest BCUT2D eigenvalue weighted by atomic mass is 9.82. The number of benzene rings is 12. The highest BCUT2D eigenvalue weighted by Gasteiger charge is 2.37. The topological polar surface area (TPSA) is 6.48 Å². The van der Waals surface area contributed by atoms with Gasteiger partial charge in [0.1, 0.15) is 0 Å². The fourth-order valence-corrected chi connectivity index (χ4v) is 11.7. The molecule has 74 heavy (non-hydrogen) atoms. The minimum Gasteiger partial charge on any atom is -0.311 e. The van der Waals surface area contributed by atoms with Crippen LogP contribution in [0, 0.1) is 6.92 Å². The SMILES string of the molecule is Cc1cccc2c1-c1ccc(N(c3ccc(-c4cc(-c5ccccc5)c(-c5ccc(N(c6ccccc6)c6ccccc6)cc5)cc4-c4ccccc4)cc3)c3cc4ccccc4c4ccccc34)cc1C2(C)C. The summed E-state index contributed by atoms with van der Waals surface area (Å²) in [5.74, 6) is 0. The van der Waals surface area contributed by atoms with Crippen LogP contribution in [0.15, 0.2) is 273 Å². The molecule has 1 aliphatic carbocycles. The van der Waals surface area contributed by atoms with Crippen LogP contribution in [-0.2, 0) is 5.41 Å². The van der Waals surface area contributed by atoms with Crippen molar-refractivity contribution in [2.24, 2.45) is 0 Å². The van der Waals surface area contributed by atoms with Gasteiger partial charge in [-0.15, -0.1) is 0 Å². The second-order valence-electron chi connectivity index (χ2n) is 20.1. The highest BCUT2D eigenvalue weighted by atomic mass is 15.1. The van der Waals surface area contributed by atoms with E-state index in [1.165, 1.54) is 82.7 Å². The molecule has 1 aliphatic rings. The van der Waals surface area contributed by atoms with Crippen molar-refractivity contribution in [1.82, 2.24) is 0 Å². The van der Waals surface area contributed by atoms with Crippen molar-refractivity contribution in [2.45, 2.75) is 26.2 Å². The van der Waals surface area contributed by atoms with Crippen LogP contribution in [0.1, 0.15) is 30.5 Å². The molecule has 0 bridgehead atoms. The zero-order chi connectivity index (χ0) is 49.8. The predicted octanol–water partition coefficient (Wildman–Crippen LogP) is 20.2. The first-order valence-corrected chi connectivity index (χ1v) is 25.7. The number of para-hydroxylation sites is 2. The molecule has 13 rings (SSSR count). The van der Waals surface area contributed by atoms with Crippen molar-refractivity contribution in [3.63, 3.8) is 0 Å². The number of hydrogen-bond acceptors (Lipinski definition) is 2. The van der Waals surface area contributed by atoms with Crippen molar-refractivity contribution in [2.75, 3.05) is 9.80 Å². The van der Waals surface area contributed by atoms with Crippen LogP contribution in [0.3, 0.4) is 0 Å². The first-order chi connectivity index (χ1) is 36.4. The van der Waals surface area contributed by atoms with Gasteiger partial charge in [-0.3, -0.25) is 0 Å². The monoisotopic (exact) mass is 946 g/mol. The molecule has 0 radical (unpaired) electrons.